The molecule has 1 N–H and O–H groups in total. The molecule has 0 aliphatic heterocycles. The zero-order chi connectivity index (χ0) is 34.0. The van der Waals surface area contributed by atoms with E-state index in [-0.39, 0.29) is 5.41 Å². The predicted octanol–water partition coefficient (Wildman–Crippen LogP) is 10.6. The van der Waals surface area contributed by atoms with Crippen molar-refractivity contribution in [2.24, 2.45) is 34.0 Å². The van der Waals surface area contributed by atoms with Crippen LogP contribution >= 0.6 is 0 Å². The molecule has 0 amide bonds. The van der Waals surface area contributed by atoms with E-state index in [9.17, 15) is 5.11 Å². The normalized spacial score (nSPS) is 33.7. The Balaban J connectivity index is 1.22. The van der Waals surface area contributed by atoms with Crippen LogP contribution in [0.4, 0.5) is 5.69 Å². The number of pyridine rings is 1. The maximum atomic E-state index is 13.2. The predicted molar refractivity (Wildman–Crippen MR) is 203 cm³/mol. The van der Waals surface area contributed by atoms with Gasteiger partial charge in [-0.3, -0.25) is 0 Å². The second-order valence-corrected chi connectivity index (χ2v) is 17.4. The monoisotopic (exact) mass is 653 g/mol. The molecule has 4 aliphatic rings. The molecular weight excluding hydrogens is 597 g/mol. The third-order valence-electron chi connectivity index (χ3n) is 15.1. The number of anilines is 1. The SMILES string of the molecule is CN(C)c1ccc(-c2cc(-c3ccccc3)[n+](C[C@@]3(O)CC[C@H]4[C@@H]5CC[C@@]6(C)CCCC[C@]6(C)[C@H]5CC[C@@]43C)c(-c3ccccc3)c2)cc1. The Morgan fingerprint density at radius 3 is 1.80 bits per heavy atom. The molecule has 4 aromatic rings. The largest absolute Gasteiger partial charge is 0.383 e. The number of benzene rings is 3. The molecule has 0 bridgehead atoms. The Kier molecular flexibility index (Phi) is 8.10. The molecule has 4 saturated carbocycles. The number of nitrogens with zero attached hydrogens (tertiary/aromatic N) is 2. The Morgan fingerprint density at radius 1 is 0.612 bits per heavy atom. The van der Waals surface area contributed by atoms with Gasteiger partial charge in [0.05, 0.1) is 0 Å². The van der Waals surface area contributed by atoms with Gasteiger partial charge in [-0.2, -0.15) is 4.57 Å². The smallest absolute Gasteiger partial charge is 0.213 e. The van der Waals surface area contributed by atoms with Gasteiger partial charge in [0, 0.05) is 48.5 Å². The van der Waals surface area contributed by atoms with Crippen molar-refractivity contribution in [1.82, 2.24) is 0 Å². The van der Waals surface area contributed by atoms with Gasteiger partial charge in [0.2, 0.25) is 11.4 Å². The summed E-state index contributed by atoms with van der Waals surface area (Å²) in [5.74, 6) is 2.14. The summed E-state index contributed by atoms with van der Waals surface area (Å²) in [6.07, 6.45) is 12.8. The fourth-order valence-corrected chi connectivity index (χ4v) is 11.8. The lowest BCUT2D eigenvalue weighted by atomic mass is 9.40. The van der Waals surface area contributed by atoms with Crippen LogP contribution in [0.1, 0.15) is 85.0 Å². The number of aliphatic hydroxyl groups is 1. The average molecular weight is 654 g/mol. The van der Waals surface area contributed by atoms with Gasteiger partial charge in [-0.25, -0.2) is 0 Å². The van der Waals surface area contributed by atoms with Crippen LogP contribution in [-0.2, 0) is 6.54 Å². The Bertz CT molecular complexity index is 1740. The molecular formula is C46H57N2O+. The summed E-state index contributed by atoms with van der Waals surface area (Å²) in [6, 6.07) is 35.4. The van der Waals surface area contributed by atoms with E-state index in [1.807, 2.05) is 0 Å². The highest BCUT2D eigenvalue weighted by atomic mass is 16.3. The van der Waals surface area contributed by atoms with Crippen LogP contribution in [0.2, 0.25) is 0 Å². The van der Waals surface area contributed by atoms with Gasteiger partial charge >= 0.3 is 0 Å². The highest BCUT2D eigenvalue weighted by Crippen LogP contribution is 2.71. The Labute approximate surface area is 295 Å². The van der Waals surface area contributed by atoms with Crippen LogP contribution in [0.5, 0.6) is 0 Å². The Hall–Kier alpha value is -3.43. The van der Waals surface area contributed by atoms with Crippen LogP contribution in [0.25, 0.3) is 33.6 Å². The van der Waals surface area contributed by atoms with E-state index in [0.717, 1.165) is 31.1 Å². The van der Waals surface area contributed by atoms with Crippen molar-refractivity contribution < 1.29 is 9.67 Å². The van der Waals surface area contributed by atoms with Crippen molar-refractivity contribution in [3.8, 4) is 33.6 Å². The fourth-order valence-electron chi connectivity index (χ4n) is 11.8. The van der Waals surface area contributed by atoms with E-state index in [0.29, 0.717) is 23.3 Å². The van der Waals surface area contributed by atoms with E-state index < -0.39 is 5.60 Å². The van der Waals surface area contributed by atoms with Gasteiger partial charge in [-0.15, -0.1) is 0 Å². The van der Waals surface area contributed by atoms with E-state index >= 15 is 0 Å². The van der Waals surface area contributed by atoms with E-state index in [2.05, 4.69) is 141 Å². The van der Waals surface area contributed by atoms with Crippen molar-refractivity contribution in [1.29, 1.82) is 0 Å². The maximum absolute atomic E-state index is 13.2. The first-order valence-corrected chi connectivity index (χ1v) is 19.2. The van der Waals surface area contributed by atoms with Crippen LogP contribution in [0.15, 0.2) is 97.1 Å². The molecule has 0 radical (unpaired) electrons. The molecule has 256 valence electrons. The van der Waals surface area contributed by atoms with E-state index in [4.69, 9.17) is 0 Å². The molecule has 0 spiro atoms. The molecule has 3 aromatic carbocycles. The lowest BCUT2D eigenvalue weighted by Gasteiger charge is -2.65. The molecule has 1 heterocycles. The molecule has 0 unspecified atom stereocenters. The summed E-state index contributed by atoms with van der Waals surface area (Å²) in [5.41, 5.74) is 8.41. The summed E-state index contributed by atoms with van der Waals surface area (Å²) in [7, 11) is 4.18. The molecule has 7 atom stereocenters. The quantitative estimate of drug-likeness (QED) is 0.210. The molecule has 4 aliphatic carbocycles. The minimum Gasteiger partial charge on any atom is -0.383 e. The van der Waals surface area contributed by atoms with Gasteiger partial charge in [0.1, 0.15) is 5.60 Å². The molecule has 8 rings (SSSR count). The van der Waals surface area contributed by atoms with E-state index in [1.54, 1.807) is 0 Å². The highest BCUT2D eigenvalue weighted by molar-refractivity contribution is 5.74. The molecule has 49 heavy (non-hydrogen) atoms. The van der Waals surface area contributed by atoms with Crippen molar-refractivity contribution in [3.05, 3.63) is 97.1 Å². The molecule has 1 aromatic heterocycles. The maximum Gasteiger partial charge on any atom is 0.213 e. The number of rotatable bonds is 6. The van der Waals surface area contributed by atoms with Gasteiger partial charge < -0.3 is 10.0 Å². The minimum atomic E-state index is -0.774. The summed E-state index contributed by atoms with van der Waals surface area (Å²) in [6.45, 7) is 8.41. The first kappa shape index (κ1) is 32.8. The summed E-state index contributed by atoms with van der Waals surface area (Å²) in [5, 5.41) is 13.2. The zero-order valence-electron chi connectivity index (χ0n) is 30.6. The number of fused-ring (bicyclic) bond motifs is 5. The van der Waals surface area contributed by atoms with Crippen LogP contribution in [0, 0.1) is 34.0 Å². The Morgan fingerprint density at radius 2 is 1.18 bits per heavy atom. The molecule has 3 heteroatoms. The van der Waals surface area contributed by atoms with Crippen LogP contribution in [-0.4, -0.2) is 24.8 Å². The lowest BCUT2D eigenvalue weighted by Crippen LogP contribution is -2.61. The fraction of sp³-hybridized carbons (Fsp3) is 0.500. The number of aromatic nitrogens is 1. The summed E-state index contributed by atoms with van der Waals surface area (Å²) < 4.78 is 2.49. The summed E-state index contributed by atoms with van der Waals surface area (Å²) in [4.78, 5) is 2.15. The highest BCUT2D eigenvalue weighted by Gasteiger charge is 2.67. The first-order valence-electron chi connectivity index (χ1n) is 19.2. The standard InChI is InChI=1S/C46H57N2O/c1-43-25-12-13-26-44(43,2)39-23-28-45(3)40(38(39)22-27-43)24-29-46(45,49)32-48-41(34-14-8-6-9-15-34)30-36(31-42(48)35-16-10-7-11-17-35)33-18-20-37(21-19-33)47(4)5/h6-11,14-21,30-31,38-40,49H,12-13,22-29,32H2,1-5H3/q+1/t38-,39+,40+,43-,44-,45+,46+/m1/s1. The van der Waals surface area contributed by atoms with Crippen LogP contribution < -0.4 is 9.47 Å². The third kappa shape index (κ3) is 5.21. The van der Waals surface area contributed by atoms with Gasteiger partial charge in [-0.05, 0) is 127 Å². The van der Waals surface area contributed by atoms with Crippen LogP contribution in [0.3, 0.4) is 0 Å². The van der Waals surface area contributed by atoms with Gasteiger partial charge in [0.25, 0.3) is 0 Å². The van der Waals surface area contributed by atoms with Crippen molar-refractivity contribution >= 4 is 5.69 Å². The number of hydrogen-bond acceptors (Lipinski definition) is 2. The molecule has 4 fully saturated rings. The topological polar surface area (TPSA) is 27.4 Å². The van der Waals surface area contributed by atoms with Crippen molar-refractivity contribution in [3.63, 3.8) is 0 Å². The first-order chi connectivity index (χ1) is 23.6. The lowest BCUT2D eigenvalue weighted by molar-refractivity contribution is -0.692. The van der Waals surface area contributed by atoms with Crippen molar-refractivity contribution in [2.75, 3.05) is 19.0 Å². The van der Waals surface area contributed by atoms with Crippen molar-refractivity contribution in [2.45, 2.75) is 97.1 Å². The second-order valence-electron chi connectivity index (χ2n) is 17.4. The third-order valence-corrected chi connectivity index (χ3v) is 15.1. The van der Waals surface area contributed by atoms with E-state index in [1.165, 1.54) is 84.3 Å². The average Bonchev–Trinajstić information content (AvgIpc) is 3.39. The zero-order valence-corrected chi connectivity index (χ0v) is 30.6. The molecule has 0 saturated heterocycles. The summed E-state index contributed by atoms with van der Waals surface area (Å²) >= 11 is 0. The van der Waals surface area contributed by atoms with Gasteiger partial charge in [-0.1, -0.05) is 82.1 Å². The van der Waals surface area contributed by atoms with Gasteiger partial charge in [0.15, 0.2) is 6.54 Å². The number of hydrogen-bond donors (Lipinski definition) is 1. The minimum absolute atomic E-state index is 0.0947. The molecule has 3 nitrogen and oxygen atoms in total. The second kappa shape index (κ2) is 12.1.